The fourth-order valence-electron chi connectivity index (χ4n) is 2.66. The molecule has 0 saturated carbocycles. The summed E-state index contributed by atoms with van der Waals surface area (Å²) in [5.74, 6) is 1.02. The Bertz CT molecular complexity index is 755. The van der Waals surface area contributed by atoms with E-state index in [0.29, 0.717) is 0 Å². The number of aliphatic hydroxyl groups is 1. The first-order valence-electron chi connectivity index (χ1n) is 7.30. The smallest absolute Gasteiger partial charge is 0.119 e. The number of hydrogen-bond donors (Lipinski definition) is 1. The Kier molecular flexibility index (Phi) is 4.41. The summed E-state index contributed by atoms with van der Waals surface area (Å²) in [6.45, 7) is 2.07. The monoisotopic (exact) mass is 313 g/mol. The number of ether oxygens (including phenoxy) is 1. The molecule has 0 saturated heterocycles. The van der Waals surface area contributed by atoms with Crippen LogP contribution in [0.15, 0.2) is 48.1 Å². The van der Waals surface area contributed by atoms with Crippen molar-refractivity contribution in [1.82, 2.24) is 4.98 Å². The molecule has 3 rings (SSSR count). The van der Waals surface area contributed by atoms with Crippen LogP contribution in [0.2, 0.25) is 0 Å². The second-order valence-electron chi connectivity index (χ2n) is 5.58. The van der Waals surface area contributed by atoms with Crippen molar-refractivity contribution in [2.24, 2.45) is 5.92 Å². The summed E-state index contributed by atoms with van der Waals surface area (Å²) in [4.78, 5) is 4.97. The molecule has 0 fully saturated rings. The molecule has 2 unspecified atom stereocenters. The molecule has 3 nitrogen and oxygen atoms in total. The summed E-state index contributed by atoms with van der Waals surface area (Å²) >= 11 is 1.50. The van der Waals surface area contributed by atoms with Crippen molar-refractivity contribution >= 4 is 22.1 Å². The van der Waals surface area contributed by atoms with E-state index in [2.05, 4.69) is 36.2 Å². The SMILES string of the molecule is COc1ccc2cc(CC(C)C(O)c3cncs3)ccc2c1. The minimum Gasteiger partial charge on any atom is -0.497 e. The maximum Gasteiger partial charge on any atom is 0.119 e. The number of thiazole rings is 1. The van der Waals surface area contributed by atoms with Gasteiger partial charge in [0.2, 0.25) is 0 Å². The highest BCUT2D eigenvalue weighted by atomic mass is 32.1. The molecule has 4 heteroatoms. The molecule has 1 heterocycles. The molecule has 1 N–H and O–H groups in total. The zero-order valence-electron chi connectivity index (χ0n) is 12.7. The third kappa shape index (κ3) is 3.13. The molecule has 0 amide bonds. The maximum atomic E-state index is 10.4. The molecular weight excluding hydrogens is 294 g/mol. The average Bonchev–Trinajstić information content (AvgIpc) is 3.08. The van der Waals surface area contributed by atoms with E-state index in [-0.39, 0.29) is 5.92 Å². The van der Waals surface area contributed by atoms with Crippen LogP contribution in [0, 0.1) is 5.92 Å². The Morgan fingerprint density at radius 3 is 2.68 bits per heavy atom. The zero-order valence-corrected chi connectivity index (χ0v) is 13.5. The van der Waals surface area contributed by atoms with Crippen LogP contribution >= 0.6 is 11.3 Å². The normalized spacial score (nSPS) is 14.0. The van der Waals surface area contributed by atoms with Gasteiger partial charge in [-0.15, -0.1) is 11.3 Å². The fraction of sp³-hybridized carbons (Fsp3) is 0.278. The highest BCUT2D eigenvalue weighted by Gasteiger charge is 2.18. The first kappa shape index (κ1) is 15.0. The van der Waals surface area contributed by atoms with Crippen LogP contribution in [0.1, 0.15) is 23.5 Å². The minimum absolute atomic E-state index is 0.149. The van der Waals surface area contributed by atoms with Gasteiger partial charge in [0.05, 0.1) is 23.6 Å². The lowest BCUT2D eigenvalue weighted by Crippen LogP contribution is -2.10. The number of aromatic nitrogens is 1. The zero-order chi connectivity index (χ0) is 15.5. The first-order chi connectivity index (χ1) is 10.7. The number of benzene rings is 2. The Morgan fingerprint density at radius 2 is 1.95 bits per heavy atom. The van der Waals surface area contributed by atoms with Crippen molar-refractivity contribution < 1.29 is 9.84 Å². The van der Waals surface area contributed by atoms with Crippen LogP contribution in [0.5, 0.6) is 5.75 Å². The molecule has 0 aliphatic rings. The predicted octanol–water partition coefficient (Wildman–Crippen LogP) is 4.22. The predicted molar refractivity (Wildman–Crippen MR) is 90.4 cm³/mol. The van der Waals surface area contributed by atoms with Crippen molar-refractivity contribution in [3.63, 3.8) is 0 Å². The minimum atomic E-state index is -0.459. The van der Waals surface area contributed by atoms with Crippen molar-refractivity contribution in [2.75, 3.05) is 7.11 Å². The second-order valence-corrected chi connectivity index (χ2v) is 6.50. The second kappa shape index (κ2) is 6.46. The van der Waals surface area contributed by atoms with Crippen molar-refractivity contribution in [3.05, 3.63) is 58.5 Å². The molecule has 2 atom stereocenters. The average molecular weight is 313 g/mol. The third-order valence-corrected chi connectivity index (χ3v) is 4.80. The number of methoxy groups -OCH3 is 1. The van der Waals surface area contributed by atoms with E-state index >= 15 is 0 Å². The van der Waals surface area contributed by atoms with Crippen LogP contribution in [-0.2, 0) is 6.42 Å². The molecule has 0 radical (unpaired) electrons. The van der Waals surface area contributed by atoms with Crippen molar-refractivity contribution in [3.8, 4) is 5.75 Å². The molecule has 0 spiro atoms. The molecule has 22 heavy (non-hydrogen) atoms. The van der Waals surface area contributed by atoms with Crippen LogP contribution in [0.4, 0.5) is 0 Å². The lowest BCUT2D eigenvalue weighted by atomic mass is 9.94. The van der Waals surface area contributed by atoms with Gasteiger partial charge in [-0.05, 0) is 40.8 Å². The van der Waals surface area contributed by atoms with Gasteiger partial charge in [0.25, 0.3) is 0 Å². The fourth-order valence-corrected chi connectivity index (χ4v) is 3.40. The van der Waals surface area contributed by atoms with Crippen LogP contribution in [0.25, 0.3) is 10.8 Å². The Hall–Kier alpha value is -1.91. The number of rotatable bonds is 5. The highest BCUT2D eigenvalue weighted by molar-refractivity contribution is 7.09. The molecule has 2 aromatic carbocycles. The Balaban J connectivity index is 1.79. The summed E-state index contributed by atoms with van der Waals surface area (Å²) in [7, 11) is 1.68. The summed E-state index contributed by atoms with van der Waals surface area (Å²) in [5.41, 5.74) is 2.99. The van der Waals surface area contributed by atoms with Gasteiger partial charge in [0.1, 0.15) is 5.75 Å². The van der Waals surface area contributed by atoms with E-state index in [4.69, 9.17) is 4.74 Å². The van der Waals surface area contributed by atoms with E-state index in [1.807, 2.05) is 12.1 Å². The van der Waals surface area contributed by atoms with Gasteiger partial charge in [-0.1, -0.05) is 31.2 Å². The van der Waals surface area contributed by atoms with Gasteiger partial charge in [0.15, 0.2) is 0 Å². The topological polar surface area (TPSA) is 42.4 Å². The van der Waals surface area contributed by atoms with Crippen molar-refractivity contribution in [1.29, 1.82) is 0 Å². The Labute approximate surface area is 134 Å². The molecule has 114 valence electrons. The maximum absolute atomic E-state index is 10.4. The largest absolute Gasteiger partial charge is 0.497 e. The number of fused-ring (bicyclic) bond motifs is 1. The first-order valence-corrected chi connectivity index (χ1v) is 8.18. The van der Waals surface area contributed by atoms with Gasteiger partial charge in [-0.25, -0.2) is 0 Å². The molecule has 3 aromatic rings. The standard InChI is InChI=1S/C18H19NO2S/c1-12(18(20)17-10-19-11-22-17)7-13-3-4-15-9-16(21-2)6-5-14(15)8-13/h3-6,8-12,18,20H,7H2,1-2H3. The Morgan fingerprint density at radius 1 is 1.18 bits per heavy atom. The molecule has 0 aliphatic heterocycles. The summed E-state index contributed by atoms with van der Waals surface area (Å²) in [5, 5.41) is 12.7. The molecule has 0 aliphatic carbocycles. The van der Waals surface area contributed by atoms with Crippen molar-refractivity contribution in [2.45, 2.75) is 19.4 Å². The van der Waals surface area contributed by atoms with E-state index < -0.39 is 6.10 Å². The highest BCUT2D eigenvalue weighted by Crippen LogP contribution is 2.29. The molecule has 1 aromatic heterocycles. The third-order valence-electron chi connectivity index (χ3n) is 3.95. The number of nitrogens with zero attached hydrogens (tertiary/aromatic N) is 1. The van der Waals surface area contributed by atoms with Crippen LogP contribution < -0.4 is 4.74 Å². The van der Waals surface area contributed by atoms with Gasteiger partial charge in [-0.3, -0.25) is 4.98 Å². The molecular formula is C18H19NO2S. The van der Waals surface area contributed by atoms with E-state index in [1.54, 1.807) is 18.8 Å². The van der Waals surface area contributed by atoms with E-state index in [1.165, 1.54) is 27.7 Å². The lowest BCUT2D eigenvalue weighted by Gasteiger charge is -2.17. The van der Waals surface area contributed by atoms with Gasteiger partial charge in [0, 0.05) is 6.20 Å². The quantitative estimate of drug-likeness (QED) is 0.767. The molecule has 0 bridgehead atoms. The van der Waals surface area contributed by atoms with Gasteiger partial charge < -0.3 is 9.84 Å². The van der Waals surface area contributed by atoms with E-state index in [9.17, 15) is 5.11 Å². The van der Waals surface area contributed by atoms with E-state index in [0.717, 1.165) is 17.0 Å². The summed E-state index contributed by atoms with van der Waals surface area (Å²) < 4.78 is 5.25. The lowest BCUT2D eigenvalue weighted by molar-refractivity contribution is 0.121. The van der Waals surface area contributed by atoms with Crippen LogP contribution in [0.3, 0.4) is 0 Å². The summed E-state index contributed by atoms with van der Waals surface area (Å²) in [6.07, 6.45) is 2.12. The number of hydrogen-bond acceptors (Lipinski definition) is 4. The summed E-state index contributed by atoms with van der Waals surface area (Å²) in [6, 6.07) is 12.5. The van der Waals surface area contributed by atoms with Crippen LogP contribution in [-0.4, -0.2) is 17.2 Å². The van der Waals surface area contributed by atoms with Gasteiger partial charge >= 0.3 is 0 Å². The van der Waals surface area contributed by atoms with Gasteiger partial charge in [-0.2, -0.15) is 0 Å². The number of aliphatic hydroxyl groups excluding tert-OH is 1.